The molecular weight excluding hydrogens is 124 g/mol. The van der Waals surface area contributed by atoms with Crippen LogP contribution >= 0.6 is 0 Å². The fourth-order valence-corrected chi connectivity index (χ4v) is 0.642. The predicted molar refractivity (Wildman–Crippen MR) is 44.8 cm³/mol. The molecule has 0 saturated heterocycles. The standard InChI is InChI=1S/C9H16O/c1-4-6-9(3)7-8-10-5-2/h6-8H,4-5H2,1-3H3. The molecule has 0 aromatic rings. The Morgan fingerprint density at radius 1 is 1.40 bits per heavy atom. The van der Waals surface area contributed by atoms with Gasteiger partial charge in [-0.25, -0.2) is 0 Å². The molecule has 10 heavy (non-hydrogen) atoms. The van der Waals surface area contributed by atoms with Gasteiger partial charge in [-0.05, 0) is 26.3 Å². The molecule has 1 heteroatoms. The summed E-state index contributed by atoms with van der Waals surface area (Å²) in [4.78, 5) is 0. The minimum absolute atomic E-state index is 0.746. The van der Waals surface area contributed by atoms with Gasteiger partial charge in [-0.15, -0.1) is 0 Å². The van der Waals surface area contributed by atoms with Gasteiger partial charge in [-0.3, -0.25) is 0 Å². The summed E-state index contributed by atoms with van der Waals surface area (Å²) in [7, 11) is 0. The van der Waals surface area contributed by atoms with Crippen LogP contribution in [0.2, 0.25) is 0 Å². The molecular formula is C9H16O. The molecule has 0 aromatic carbocycles. The Labute approximate surface area is 63.4 Å². The van der Waals surface area contributed by atoms with E-state index in [0.717, 1.165) is 13.0 Å². The highest BCUT2D eigenvalue weighted by Crippen LogP contribution is 1.96. The van der Waals surface area contributed by atoms with Crippen molar-refractivity contribution >= 4 is 0 Å². The molecule has 0 unspecified atom stereocenters. The van der Waals surface area contributed by atoms with Crippen LogP contribution in [0.5, 0.6) is 0 Å². The number of rotatable bonds is 4. The molecule has 0 saturated carbocycles. The third-order valence-electron chi connectivity index (χ3n) is 1.12. The SMILES string of the molecule is CCC=C(C)C=COCC. The second-order valence-corrected chi connectivity index (χ2v) is 2.11. The molecule has 58 valence electrons. The summed E-state index contributed by atoms with van der Waals surface area (Å²) in [5.41, 5.74) is 1.26. The van der Waals surface area contributed by atoms with Crippen molar-refractivity contribution in [2.75, 3.05) is 6.61 Å². The summed E-state index contributed by atoms with van der Waals surface area (Å²) in [5.74, 6) is 0. The molecule has 0 amide bonds. The van der Waals surface area contributed by atoms with Crippen molar-refractivity contribution in [3.63, 3.8) is 0 Å². The molecule has 0 aliphatic carbocycles. The second kappa shape index (κ2) is 6.40. The van der Waals surface area contributed by atoms with E-state index >= 15 is 0 Å². The van der Waals surface area contributed by atoms with Crippen LogP contribution in [0.1, 0.15) is 27.2 Å². The zero-order chi connectivity index (χ0) is 7.82. The van der Waals surface area contributed by atoms with Crippen LogP contribution in [0, 0.1) is 0 Å². The van der Waals surface area contributed by atoms with Gasteiger partial charge in [0.1, 0.15) is 0 Å². The van der Waals surface area contributed by atoms with Crippen molar-refractivity contribution in [1.82, 2.24) is 0 Å². The predicted octanol–water partition coefficient (Wildman–Crippen LogP) is 2.89. The van der Waals surface area contributed by atoms with Gasteiger partial charge in [-0.1, -0.05) is 18.6 Å². The number of ether oxygens (including phenoxy) is 1. The van der Waals surface area contributed by atoms with E-state index in [1.807, 2.05) is 13.0 Å². The minimum Gasteiger partial charge on any atom is -0.501 e. The van der Waals surface area contributed by atoms with Crippen LogP contribution in [0.15, 0.2) is 24.0 Å². The minimum atomic E-state index is 0.746. The summed E-state index contributed by atoms with van der Waals surface area (Å²) in [6.07, 6.45) is 6.96. The first-order valence-corrected chi connectivity index (χ1v) is 3.76. The molecule has 0 atom stereocenters. The lowest BCUT2D eigenvalue weighted by atomic mass is 10.2. The Balaban J connectivity index is 3.55. The van der Waals surface area contributed by atoms with Crippen LogP contribution in [0.25, 0.3) is 0 Å². The second-order valence-electron chi connectivity index (χ2n) is 2.11. The van der Waals surface area contributed by atoms with E-state index in [1.54, 1.807) is 6.26 Å². The molecule has 0 rings (SSSR count). The average Bonchev–Trinajstić information content (AvgIpc) is 1.89. The highest BCUT2D eigenvalue weighted by Gasteiger charge is 1.77. The van der Waals surface area contributed by atoms with E-state index in [4.69, 9.17) is 4.74 Å². The molecule has 0 fully saturated rings. The highest BCUT2D eigenvalue weighted by atomic mass is 16.5. The fraction of sp³-hybridized carbons (Fsp3) is 0.556. The van der Waals surface area contributed by atoms with Crippen LogP contribution < -0.4 is 0 Å². The van der Waals surface area contributed by atoms with Crippen molar-refractivity contribution in [3.05, 3.63) is 24.0 Å². The number of allylic oxidation sites excluding steroid dienone is 3. The Hall–Kier alpha value is -0.720. The first-order valence-electron chi connectivity index (χ1n) is 3.76. The summed E-state index contributed by atoms with van der Waals surface area (Å²) in [6.45, 7) is 6.91. The van der Waals surface area contributed by atoms with Crippen LogP contribution in [-0.2, 0) is 4.74 Å². The fourth-order valence-electron chi connectivity index (χ4n) is 0.642. The Kier molecular flexibility index (Phi) is 5.94. The third-order valence-corrected chi connectivity index (χ3v) is 1.12. The number of hydrogen-bond acceptors (Lipinski definition) is 1. The number of hydrogen-bond donors (Lipinski definition) is 0. The largest absolute Gasteiger partial charge is 0.501 e. The van der Waals surface area contributed by atoms with Gasteiger partial charge < -0.3 is 4.74 Å². The van der Waals surface area contributed by atoms with Crippen molar-refractivity contribution in [3.8, 4) is 0 Å². The highest BCUT2D eigenvalue weighted by molar-refractivity contribution is 5.13. The Morgan fingerprint density at radius 3 is 2.60 bits per heavy atom. The Morgan fingerprint density at radius 2 is 2.10 bits per heavy atom. The zero-order valence-corrected chi connectivity index (χ0v) is 7.05. The lowest BCUT2D eigenvalue weighted by molar-refractivity contribution is 0.269. The lowest BCUT2D eigenvalue weighted by Gasteiger charge is -1.92. The summed E-state index contributed by atoms with van der Waals surface area (Å²) in [6, 6.07) is 0. The van der Waals surface area contributed by atoms with E-state index in [-0.39, 0.29) is 0 Å². The molecule has 0 spiro atoms. The van der Waals surface area contributed by atoms with Crippen molar-refractivity contribution in [1.29, 1.82) is 0 Å². The third kappa shape index (κ3) is 5.42. The van der Waals surface area contributed by atoms with Crippen LogP contribution in [0.4, 0.5) is 0 Å². The molecule has 0 bridgehead atoms. The monoisotopic (exact) mass is 140 g/mol. The van der Waals surface area contributed by atoms with Crippen molar-refractivity contribution in [2.45, 2.75) is 27.2 Å². The van der Waals surface area contributed by atoms with Gasteiger partial charge in [0.2, 0.25) is 0 Å². The van der Waals surface area contributed by atoms with E-state index in [0.29, 0.717) is 0 Å². The molecule has 0 radical (unpaired) electrons. The normalized spacial score (nSPS) is 12.5. The van der Waals surface area contributed by atoms with Crippen LogP contribution in [0.3, 0.4) is 0 Å². The maximum atomic E-state index is 5.03. The summed E-state index contributed by atoms with van der Waals surface area (Å²) < 4.78 is 5.03. The van der Waals surface area contributed by atoms with Gasteiger partial charge in [0.15, 0.2) is 0 Å². The maximum Gasteiger partial charge on any atom is 0.0845 e. The average molecular weight is 140 g/mol. The molecule has 0 aromatic heterocycles. The van der Waals surface area contributed by atoms with Gasteiger partial charge in [0.25, 0.3) is 0 Å². The quantitative estimate of drug-likeness (QED) is 0.431. The van der Waals surface area contributed by atoms with E-state index < -0.39 is 0 Å². The van der Waals surface area contributed by atoms with Crippen LogP contribution in [-0.4, -0.2) is 6.61 Å². The first kappa shape index (κ1) is 9.28. The smallest absolute Gasteiger partial charge is 0.0845 e. The van der Waals surface area contributed by atoms with E-state index in [2.05, 4.69) is 19.9 Å². The summed E-state index contributed by atoms with van der Waals surface area (Å²) >= 11 is 0. The maximum absolute atomic E-state index is 5.03. The molecule has 0 heterocycles. The molecule has 1 nitrogen and oxygen atoms in total. The van der Waals surface area contributed by atoms with E-state index in [9.17, 15) is 0 Å². The van der Waals surface area contributed by atoms with Gasteiger partial charge in [0.05, 0.1) is 12.9 Å². The van der Waals surface area contributed by atoms with Crippen molar-refractivity contribution < 1.29 is 4.74 Å². The van der Waals surface area contributed by atoms with E-state index in [1.165, 1.54) is 5.57 Å². The van der Waals surface area contributed by atoms with Gasteiger partial charge in [-0.2, -0.15) is 0 Å². The van der Waals surface area contributed by atoms with Gasteiger partial charge >= 0.3 is 0 Å². The van der Waals surface area contributed by atoms with Crippen molar-refractivity contribution in [2.24, 2.45) is 0 Å². The first-order chi connectivity index (χ1) is 4.81. The summed E-state index contributed by atoms with van der Waals surface area (Å²) in [5, 5.41) is 0. The molecule has 0 aliphatic rings. The Bertz CT molecular complexity index is 123. The molecule has 0 N–H and O–H groups in total. The lowest BCUT2D eigenvalue weighted by Crippen LogP contribution is -1.76. The van der Waals surface area contributed by atoms with Gasteiger partial charge in [0, 0.05) is 0 Å². The molecule has 0 aliphatic heterocycles. The zero-order valence-electron chi connectivity index (χ0n) is 7.05. The topological polar surface area (TPSA) is 9.23 Å².